The fraction of sp³-hybridized carbons (Fsp3) is 0.533. The largest absolute Gasteiger partial charge is 0.464 e. The van der Waals surface area contributed by atoms with Gasteiger partial charge in [0, 0.05) is 26.2 Å². The number of halogens is 2. The average molecular weight is 298 g/mol. The van der Waals surface area contributed by atoms with Crippen molar-refractivity contribution in [2.45, 2.75) is 19.4 Å². The van der Waals surface area contributed by atoms with E-state index in [1.165, 1.54) is 13.0 Å². The second-order valence-corrected chi connectivity index (χ2v) is 5.13. The Balaban J connectivity index is 2.51. The molecule has 0 radical (unpaired) electrons. The van der Waals surface area contributed by atoms with Crippen molar-refractivity contribution in [3.05, 3.63) is 35.4 Å². The van der Waals surface area contributed by atoms with Crippen LogP contribution in [0.5, 0.6) is 0 Å². The first-order valence-electron chi connectivity index (χ1n) is 7.09. The number of piperazine rings is 1. The van der Waals surface area contributed by atoms with Gasteiger partial charge >= 0.3 is 5.97 Å². The Bertz CT molecular complexity index is 498. The zero-order chi connectivity index (χ0) is 15.5. The van der Waals surface area contributed by atoms with Gasteiger partial charge in [0.05, 0.1) is 12.2 Å². The molecule has 0 amide bonds. The number of rotatable bonds is 4. The summed E-state index contributed by atoms with van der Waals surface area (Å²) in [7, 11) is 0. The molecule has 1 N–H and O–H groups in total. The van der Waals surface area contributed by atoms with Gasteiger partial charge in [-0.15, -0.1) is 0 Å². The van der Waals surface area contributed by atoms with E-state index in [2.05, 4.69) is 5.32 Å². The quantitative estimate of drug-likeness (QED) is 0.858. The molecule has 1 atom stereocenters. The highest BCUT2D eigenvalue weighted by molar-refractivity contribution is 5.82. The number of carbonyl (C=O) groups excluding carboxylic acids is 1. The predicted molar refractivity (Wildman–Crippen MR) is 74.8 cm³/mol. The van der Waals surface area contributed by atoms with Crippen molar-refractivity contribution in [1.29, 1.82) is 0 Å². The predicted octanol–water partition coefficient (Wildman–Crippen LogP) is 1.65. The van der Waals surface area contributed by atoms with E-state index in [0.29, 0.717) is 26.2 Å². The van der Waals surface area contributed by atoms with Crippen LogP contribution >= 0.6 is 0 Å². The van der Waals surface area contributed by atoms with Gasteiger partial charge in [0.2, 0.25) is 0 Å². The van der Waals surface area contributed by atoms with E-state index >= 15 is 0 Å². The average Bonchev–Trinajstić information content (AvgIpc) is 2.48. The molecule has 21 heavy (non-hydrogen) atoms. The van der Waals surface area contributed by atoms with Crippen LogP contribution in [0, 0.1) is 11.6 Å². The van der Waals surface area contributed by atoms with E-state index in [1.54, 1.807) is 11.8 Å². The molecular weight excluding hydrogens is 278 g/mol. The third-order valence-electron chi connectivity index (χ3n) is 3.87. The van der Waals surface area contributed by atoms with Gasteiger partial charge in [-0.05, 0) is 26.0 Å². The monoisotopic (exact) mass is 298 g/mol. The Hall–Kier alpha value is -1.53. The van der Waals surface area contributed by atoms with Crippen molar-refractivity contribution < 1.29 is 18.3 Å². The van der Waals surface area contributed by atoms with E-state index in [4.69, 9.17) is 4.74 Å². The lowest BCUT2D eigenvalue weighted by Gasteiger charge is -2.41. The molecule has 2 rings (SSSR count). The second-order valence-electron chi connectivity index (χ2n) is 5.13. The molecule has 0 saturated carbocycles. The fourth-order valence-electron chi connectivity index (χ4n) is 2.74. The first-order valence-corrected chi connectivity index (χ1v) is 7.09. The van der Waals surface area contributed by atoms with Crippen LogP contribution in [0.3, 0.4) is 0 Å². The summed E-state index contributed by atoms with van der Waals surface area (Å²) in [5.41, 5.74) is -1.71. The first kappa shape index (κ1) is 15.9. The Morgan fingerprint density at radius 3 is 2.43 bits per heavy atom. The van der Waals surface area contributed by atoms with Crippen molar-refractivity contribution in [2.24, 2.45) is 0 Å². The number of esters is 1. The Kier molecular flexibility index (Phi) is 4.90. The number of nitrogens with one attached hydrogen (secondary N) is 1. The zero-order valence-electron chi connectivity index (χ0n) is 12.3. The fourth-order valence-corrected chi connectivity index (χ4v) is 2.74. The highest BCUT2D eigenvalue weighted by Crippen LogP contribution is 2.34. The zero-order valence-corrected chi connectivity index (χ0v) is 12.3. The molecule has 1 heterocycles. The molecule has 4 nitrogen and oxygen atoms in total. The summed E-state index contributed by atoms with van der Waals surface area (Å²) in [4.78, 5) is 14.2. The van der Waals surface area contributed by atoms with E-state index in [-0.39, 0.29) is 12.2 Å². The van der Waals surface area contributed by atoms with Gasteiger partial charge in [0.1, 0.15) is 17.2 Å². The first-order chi connectivity index (χ1) is 10.0. The molecule has 0 aliphatic carbocycles. The summed E-state index contributed by atoms with van der Waals surface area (Å²) in [5, 5.41) is 3.16. The molecule has 1 saturated heterocycles. The van der Waals surface area contributed by atoms with Crippen LogP contribution in [0.1, 0.15) is 19.4 Å². The van der Waals surface area contributed by atoms with E-state index in [0.717, 1.165) is 12.1 Å². The van der Waals surface area contributed by atoms with Crippen molar-refractivity contribution in [1.82, 2.24) is 10.2 Å². The SMILES string of the molecule is CCOC(=O)C(C)(c1c(F)cccc1F)N1CCNCC1. The minimum absolute atomic E-state index is 0.163. The number of hydrogen-bond donors (Lipinski definition) is 1. The molecule has 0 aromatic heterocycles. The van der Waals surface area contributed by atoms with Gasteiger partial charge in [-0.2, -0.15) is 0 Å². The Morgan fingerprint density at radius 1 is 1.33 bits per heavy atom. The van der Waals surface area contributed by atoms with Crippen LogP contribution in [0.4, 0.5) is 8.78 Å². The van der Waals surface area contributed by atoms with Gasteiger partial charge in [0.25, 0.3) is 0 Å². The third kappa shape index (κ3) is 2.91. The van der Waals surface area contributed by atoms with Crippen molar-refractivity contribution in [2.75, 3.05) is 32.8 Å². The molecule has 0 bridgehead atoms. The van der Waals surface area contributed by atoms with Gasteiger partial charge in [-0.25, -0.2) is 13.6 Å². The molecule has 6 heteroatoms. The maximum Gasteiger partial charge on any atom is 0.331 e. The van der Waals surface area contributed by atoms with Crippen LogP contribution < -0.4 is 5.32 Å². The summed E-state index contributed by atoms with van der Waals surface area (Å²) in [5.74, 6) is -2.09. The molecule has 1 aromatic rings. The summed E-state index contributed by atoms with van der Waals surface area (Å²) in [6.45, 7) is 5.71. The molecule has 1 unspecified atom stereocenters. The summed E-state index contributed by atoms with van der Waals surface area (Å²) < 4.78 is 33.5. The minimum atomic E-state index is -1.46. The molecule has 1 aromatic carbocycles. The van der Waals surface area contributed by atoms with E-state index in [9.17, 15) is 13.6 Å². The molecule has 116 valence electrons. The van der Waals surface area contributed by atoms with E-state index < -0.39 is 23.1 Å². The smallest absolute Gasteiger partial charge is 0.331 e. The molecule has 1 aliphatic rings. The molecule has 1 aliphatic heterocycles. The maximum atomic E-state index is 14.2. The molecule has 1 fully saturated rings. The standard InChI is InChI=1S/C15H20F2N2O2/c1-3-21-14(20)15(2,19-9-7-18-8-10-19)13-11(16)5-4-6-12(13)17/h4-6,18H,3,7-10H2,1-2H3. The Morgan fingerprint density at radius 2 is 1.90 bits per heavy atom. The highest BCUT2D eigenvalue weighted by Gasteiger charge is 2.46. The van der Waals surface area contributed by atoms with Crippen molar-refractivity contribution >= 4 is 5.97 Å². The van der Waals surface area contributed by atoms with Gasteiger partial charge in [-0.1, -0.05) is 6.07 Å². The Labute approximate surface area is 123 Å². The van der Waals surface area contributed by atoms with Crippen molar-refractivity contribution in [3.63, 3.8) is 0 Å². The van der Waals surface area contributed by atoms with E-state index in [1.807, 2.05) is 0 Å². The second kappa shape index (κ2) is 6.49. The van der Waals surface area contributed by atoms with Gasteiger partial charge in [-0.3, -0.25) is 4.90 Å². The van der Waals surface area contributed by atoms with Gasteiger partial charge in [0.15, 0.2) is 0 Å². The highest BCUT2D eigenvalue weighted by atomic mass is 19.1. The number of ether oxygens (including phenoxy) is 1. The number of carbonyl (C=O) groups is 1. The summed E-state index contributed by atoms with van der Waals surface area (Å²) in [6.07, 6.45) is 0. The minimum Gasteiger partial charge on any atom is -0.464 e. The lowest BCUT2D eigenvalue weighted by molar-refractivity contribution is -0.158. The lowest BCUT2D eigenvalue weighted by atomic mass is 9.88. The third-order valence-corrected chi connectivity index (χ3v) is 3.87. The summed E-state index contributed by atoms with van der Waals surface area (Å²) >= 11 is 0. The van der Waals surface area contributed by atoms with Crippen LogP contribution in [0.25, 0.3) is 0 Å². The van der Waals surface area contributed by atoms with Crippen LogP contribution in [0.2, 0.25) is 0 Å². The molecular formula is C15H20F2N2O2. The maximum absolute atomic E-state index is 14.2. The van der Waals surface area contributed by atoms with Gasteiger partial charge < -0.3 is 10.1 Å². The van der Waals surface area contributed by atoms with Crippen LogP contribution in [0.15, 0.2) is 18.2 Å². The number of benzene rings is 1. The van der Waals surface area contributed by atoms with Crippen LogP contribution in [-0.2, 0) is 15.1 Å². The topological polar surface area (TPSA) is 41.6 Å². The normalized spacial score (nSPS) is 19.0. The van der Waals surface area contributed by atoms with Crippen LogP contribution in [-0.4, -0.2) is 43.7 Å². The number of nitrogens with zero attached hydrogens (tertiary/aromatic N) is 1. The molecule has 0 spiro atoms. The lowest BCUT2D eigenvalue weighted by Crippen LogP contribution is -2.57. The number of hydrogen-bond acceptors (Lipinski definition) is 4. The van der Waals surface area contributed by atoms with Crippen molar-refractivity contribution in [3.8, 4) is 0 Å². The summed E-state index contributed by atoms with van der Waals surface area (Å²) in [6, 6.07) is 3.62.